The van der Waals surface area contributed by atoms with Crippen LogP contribution in [-0.2, 0) is 0 Å². The summed E-state index contributed by atoms with van der Waals surface area (Å²) in [6, 6.07) is 9.41. The Kier molecular flexibility index (Phi) is 8.97. The number of carbonyl (C=O) groups is 1. The third-order valence-corrected chi connectivity index (χ3v) is 5.14. The molecule has 0 aliphatic heterocycles. The van der Waals surface area contributed by atoms with Gasteiger partial charge in [0.2, 0.25) is 3.79 Å². The molecule has 0 bridgehead atoms. The first-order chi connectivity index (χ1) is 14.0. The second-order valence-electron chi connectivity index (χ2n) is 5.74. The van der Waals surface area contributed by atoms with Crippen molar-refractivity contribution in [3.05, 3.63) is 52.0 Å². The van der Waals surface area contributed by atoms with Crippen LogP contribution < -0.4 is 25.4 Å². The molecule has 12 heteroatoms. The van der Waals surface area contributed by atoms with Crippen molar-refractivity contribution in [2.45, 2.75) is 9.96 Å². The average molecular weight is 532 g/mol. The highest BCUT2D eigenvalue weighted by atomic mass is 35.6. The average Bonchev–Trinajstić information content (AvgIpc) is 2.68. The van der Waals surface area contributed by atoms with Crippen molar-refractivity contribution in [2.75, 3.05) is 19.5 Å². The topological polar surface area (TPSA) is 71.6 Å². The van der Waals surface area contributed by atoms with E-state index in [-0.39, 0.29) is 10.7 Å². The Morgan fingerprint density at radius 2 is 1.67 bits per heavy atom. The molecule has 6 nitrogen and oxygen atoms in total. The minimum absolute atomic E-state index is 0.0445. The van der Waals surface area contributed by atoms with Crippen molar-refractivity contribution < 1.29 is 14.3 Å². The molecule has 0 aromatic heterocycles. The van der Waals surface area contributed by atoms with Crippen LogP contribution in [0.1, 0.15) is 10.4 Å². The first kappa shape index (κ1) is 24.9. The zero-order valence-corrected chi connectivity index (χ0v) is 20.2. The van der Waals surface area contributed by atoms with Gasteiger partial charge in [-0.05, 0) is 48.6 Å². The van der Waals surface area contributed by atoms with Crippen LogP contribution in [0.2, 0.25) is 10.0 Å². The number of methoxy groups -OCH3 is 2. The lowest BCUT2D eigenvalue weighted by Gasteiger charge is -2.28. The van der Waals surface area contributed by atoms with E-state index in [1.165, 1.54) is 26.4 Å². The van der Waals surface area contributed by atoms with E-state index in [4.69, 9.17) is 79.7 Å². The molecule has 0 radical (unpaired) electrons. The fourth-order valence-corrected chi connectivity index (χ4v) is 3.17. The summed E-state index contributed by atoms with van der Waals surface area (Å²) in [6.07, 6.45) is -1.18. The van der Waals surface area contributed by atoms with Crippen molar-refractivity contribution in [3.8, 4) is 11.5 Å². The van der Waals surface area contributed by atoms with E-state index in [1.54, 1.807) is 24.3 Å². The third kappa shape index (κ3) is 6.83. The molecule has 30 heavy (non-hydrogen) atoms. The number of benzene rings is 2. The van der Waals surface area contributed by atoms with Crippen LogP contribution in [0, 0.1) is 0 Å². The van der Waals surface area contributed by atoms with E-state index >= 15 is 0 Å². The number of carbonyl (C=O) groups excluding carboxylic acids is 1. The number of ether oxygens (including phenoxy) is 2. The molecule has 0 spiro atoms. The van der Waals surface area contributed by atoms with E-state index < -0.39 is 15.9 Å². The lowest BCUT2D eigenvalue weighted by Crippen LogP contribution is -2.56. The number of amides is 1. The maximum atomic E-state index is 12.7. The van der Waals surface area contributed by atoms with E-state index in [9.17, 15) is 4.79 Å². The SMILES string of the molecule is COc1ccc(C(=O)N[C@@H](NC(=S)Nc2cc(Cl)ccc2Cl)C(Cl)(Cl)Cl)cc1OC. The van der Waals surface area contributed by atoms with Gasteiger partial charge in [0.05, 0.1) is 24.9 Å². The highest BCUT2D eigenvalue weighted by Gasteiger charge is 2.35. The van der Waals surface area contributed by atoms with Crippen LogP contribution in [0.5, 0.6) is 11.5 Å². The van der Waals surface area contributed by atoms with Gasteiger partial charge in [-0.1, -0.05) is 58.0 Å². The predicted molar refractivity (Wildman–Crippen MR) is 127 cm³/mol. The van der Waals surface area contributed by atoms with Crippen LogP contribution in [-0.4, -0.2) is 35.2 Å². The Balaban J connectivity index is 2.15. The van der Waals surface area contributed by atoms with Gasteiger partial charge in [-0.3, -0.25) is 4.79 Å². The summed E-state index contributed by atoms with van der Waals surface area (Å²) in [4.78, 5) is 12.7. The summed E-state index contributed by atoms with van der Waals surface area (Å²) in [5, 5.41) is 9.03. The van der Waals surface area contributed by atoms with Crippen LogP contribution >= 0.6 is 70.2 Å². The molecular weight excluding hydrogens is 516 g/mol. The van der Waals surface area contributed by atoms with Crippen molar-refractivity contribution in [1.29, 1.82) is 0 Å². The summed E-state index contributed by atoms with van der Waals surface area (Å²) < 4.78 is 8.42. The van der Waals surface area contributed by atoms with Gasteiger partial charge in [0.15, 0.2) is 16.6 Å². The fourth-order valence-electron chi connectivity index (χ4n) is 2.27. The number of rotatable bonds is 6. The maximum Gasteiger partial charge on any atom is 0.253 e. The molecule has 0 unspecified atom stereocenters. The molecule has 0 saturated heterocycles. The standard InChI is InChI=1S/C18H16Cl5N3O3S/c1-28-13-6-3-9(7-14(13)29-2)15(27)25-16(18(21,22)23)26-17(30)24-12-8-10(19)4-5-11(12)20/h3-8,16H,1-2H3,(H,25,27)(H2,24,26,30)/t16-/m0/s1. The van der Waals surface area contributed by atoms with Gasteiger partial charge in [0, 0.05) is 10.6 Å². The van der Waals surface area contributed by atoms with Gasteiger partial charge in [-0.15, -0.1) is 0 Å². The molecule has 0 aliphatic rings. The molecule has 2 aromatic carbocycles. The second-order valence-corrected chi connectivity index (χ2v) is 9.36. The van der Waals surface area contributed by atoms with Crippen LogP contribution in [0.3, 0.4) is 0 Å². The zero-order chi connectivity index (χ0) is 22.5. The smallest absolute Gasteiger partial charge is 0.253 e. The van der Waals surface area contributed by atoms with E-state index in [1.807, 2.05) is 0 Å². The van der Waals surface area contributed by atoms with Gasteiger partial charge in [-0.25, -0.2) is 0 Å². The summed E-state index contributed by atoms with van der Waals surface area (Å²) in [7, 11) is 2.94. The molecule has 2 rings (SSSR count). The second kappa shape index (κ2) is 10.8. The lowest BCUT2D eigenvalue weighted by atomic mass is 10.2. The summed E-state index contributed by atoms with van der Waals surface area (Å²) >= 11 is 35.3. The molecule has 0 aliphatic carbocycles. The number of hydrogen-bond acceptors (Lipinski definition) is 4. The van der Waals surface area contributed by atoms with Crippen LogP contribution in [0.4, 0.5) is 5.69 Å². The number of nitrogens with one attached hydrogen (secondary N) is 3. The Morgan fingerprint density at radius 1 is 1.00 bits per heavy atom. The molecule has 162 valence electrons. The first-order valence-corrected chi connectivity index (χ1v) is 10.5. The minimum atomic E-state index is -1.93. The number of halogens is 5. The molecule has 2 aromatic rings. The Hall–Kier alpha value is -1.35. The summed E-state index contributed by atoms with van der Waals surface area (Å²) in [5.74, 6) is 0.300. The molecular formula is C18H16Cl5N3O3S. The van der Waals surface area contributed by atoms with Gasteiger partial charge in [-0.2, -0.15) is 0 Å². The predicted octanol–water partition coefficient (Wildman–Crippen LogP) is 5.42. The van der Waals surface area contributed by atoms with Gasteiger partial charge >= 0.3 is 0 Å². The monoisotopic (exact) mass is 529 g/mol. The van der Waals surface area contributed by atoms with Gasteiger partial charge < -0.3 is 25.4 Å². The maximum absolute atomic E-state index is 12.7. The summed E-state index contributed by atoms with van der Waals surface area (Å²) in [5.41, 5.74) is 0.696. The quantitative estimate of drug-likeness (QED) is 0.263. The highest BCUT2D eigenvalue weighted by Crippen LogP contribution is 2.31. The number of alkyl halides is 3. The number of hydrogen-bond donors (Lipinski definition) is 3. The van der Waals surface area contributed by atoms with E-state index in [0.717, 1.165) is 0 Å². The third-order valence-electron chi connectivity index (χ3n) is 3.70. The fraction of sp³-hybridized carbons (Fsp3) is 0.222. The number of thiocarbonyl (C=S) groups is 1. The zero-order valence-electron chi connectivity index (χ0n) is 15.6. The normalized spacial score (nSPS) is 12.0. The highest BCUT2D eigenvalue weighted by molar-refractivity contribution is 7.80. The molecule has 0 heterocycles. The molecule has 3 N–H and O–H groups in total. The van der Waals surface area contributed by atoms with Gasteiger partial charge in [0.1, 0.15) is 6.17 Å². The van der Waals surface area contributed by atoms with E-state index in [0.29, 0.717) is 27.2 Å². The van der Waals surface area contributed by atoms with Crippen molar-refractivity contribution in [1.82, 2.24) is 10.6 Å². The molecule has 0 saturated carbocycles. The van der Waals surface area contributed by atoms with Crippen molar-refractivity contribution >= 4 is 86.9 Å². The Labute approximate surface area is 204 Å². The van der Waals surface area contributed by atoms with Gasteiger partial charge in [0.25, 0.3) is 5.91 Å². The Bertz CT molecular complexity index is 940. The molecule has 0 fully saturated rings. The van der Waals surface area contributed by atoms with Crippen LogP contribution in [0.25, 0.3) is 0 Å². The number of anilines is 1. The van der Waals surface area contributed by atoms with Crippen molar-refractivity contribution in [2.24, 2.45) is 0 Å². The Morgan fingerprint density at radius 3 is 2.27 bits per heavy atom. The minimum Gasteiger partial charge on any atom is -0.493 e. The van der Waals surface area contributed by atoms with E-state index in [2.05, 4.69) is 16.0 Å². The van der Waals surface area contributed by atoms with Crippen molar-refractivity contribution in [3.63, 3.8) is 0 Å². The lowest BCUT2D eigenvalue weighted by molar-refractivity contribution is 0.0934. The summed E-state index contributed by atoms with van der Waals surface area (Å²) in [6.45, 7) is 0. The molecule has 1 amide bonds. The van der Waals surface area contributed by atoms with Crippen LogP contribution in [0.15, 0.2) is 36.4 Å². The largest absolute Gasteiger partial charge is 0.493 e. The molecule has 1 atom stereocenters. The first-order valence-electron chi connectivity index (χ1n) is 8.17.